The van der Waals surface area contributed by atoms with Crippen LogP contribution in [0.1, 0.15) is 18.5 Å². The number of carbonyl (C=O) groups is 1. The van der Waals surface area contributed by atoms with Gasteiger partial charge in [-0.3, -0.25) is 9.59 Å². The molecule has 110 valence electrons. The molecule has 1 amide bonds. The Morgan fingerprint density at radius 2 is 2.14 bits per heavy atom. The number of anilines is 1. The van der Waals surface area contributed by atoms with Gasteiger partial charge in [0.25, 0.3) is 5.56 Å². The monoisotopic (exact) mass is 304 g/mol. The topological polar surface area (TPSA) is 101 Å². The van der Waals surface area contributed by atoms with Crippen molar-refractivity contribution in [2.75, 3.05) is 11.5 Å². The average molecular weight is 304 g/mol. The van der Waals surface area contributed by atoms with Crippen LogP contribution in [0.3, 0.4) is 0 Å². The number of nitrogens with zero attached hydrogens (tertiary/aromatic N) is 1. The zero-order valence-corrected chi connectivity index (χ0v) is 12.3. The lowest BCUT2D eigenvalue weighted by Gasteiger charge is -2.13. The molecule has 0 saturated carbocycles. The average Bonchev–Trinajstić information content (AvgIpc) is 2.45. The summed E-state index contributed by atoms with van der Waals surface area (Å²) >= 11 is 1.14. The first-order valence-corrected chi connectivity index (χ1v) is 7.37. The van der Waals surface area contributed by atoms with Crippen LogP contribution in [-0.4, -0.2) is 21.6 Å². The largest absolute Gasteiger partial charge is 0.383 e. The molecule has 2 aromatic rings. The van der Waals surface area contributed by atoms with Crippen molar-refractivity contribution in [1.29, 1.82) is 0 Å². The third-order valence-corrected chi connectivity index (χ3v) is 3.63. The summed E-state index contributed by atoms with van der Waals surface area (Å²) in [6.45, 7) is 1.92. The fraction of sp³-hybridized carbons (Fsp3) is 0.214. The van der Waals surface area contributed by atoms with E-state index in [2.05, 4.69) is 15.3 Å². The highest BCUT2D eigenvalue weighted by molar-refractivity contribution is 7.99. The minimum Gasteiger partial charge on any atom is -0.383 e. The molecule has 4 N–H and O–H groups in total. The van der Waals surface area contributed by atoms with Gasteiger partial charge in [-0.1, -0.05) is 42.1 Å². The fourth-order valence-electron chi connectivity index (χ4n) is 1.76. The molecule has 0 saturated heterocycles. The van der Waals surface area contributed by atoms with Crippen molar-refractivity contribution in [3.05, 3.63) is 52.3 Å². The Morgan fingerprint density at radius 3 is 2.81 bits per heavy atom. The van der Waals surface area contributed by atoms with E-state index in [4.69, 9.17) is 5.73 Å². The molecule has 1 unspecified atom stereocenters. The van der Waals surface area contributed by atoms with E-state index in [1.165, 1.54) is 6.07 Å². The van der Waals surface area contributed by atoms with E-state index >= 15 is 0 Å². The second kappa shape index (κ2) is 6.94. The number of amides is 1. The Labute approximate surface area is 126 Å². The number of aromatic nitrogens is 2. The first-order valence-electron chi connectivity index (χ1n) is 6.38. The van der Waals surface area contributed by atoms with Crippen molar-refractivity contribution in [1.82, 2.24) is 15.3 Å². The Balaban J connectivity index is 1.89. The van der Waals surface area contributed by atoms with Crippen LogP contribution in [0.2, 0.25) is 0 Å². The van der Waals surface area contributed by atoms with Gasteiger partial charge < -0.3 is 16.0 Å². The predicted octanol–water partition coefficient (Wildman–Crippen LogP) is 1.32. The minimum absolute atomic E-state index is 0.0767. The number of hydrogen-bond acceptors (Lipinski definition) is 5. The molecule has 0 bridgehead atoms. The number of nitrogens with two attached hydrogens (primary N) is 1. The highest BCUT2D eigenvalue weighted by Gasteiger charge is 2.10. The summed E-state index contributed by atoms with van der Waals surface area (Å²) in [6.07, 6.45) is 0. The lowest BCUT2D eigenvalue weighted by Crippen LogP contribution is -2.28. The minimum atomic E-state index is -0.330. The maximum absolute atomic E-state index is 11.9. The number of aromatic amines is 1. The van der Waals surface area contributed by atoms with Crippen LogP contribution in [0.5, 0.6) is 0 Å². The number of nitrogen functional groups attached to an aromatic ring is 1. The van der Waals surface area contributed by atoms with E-state index in [0.717, 1.165) is 17.3 Å². The zero-order valence-electron chi connectivity index (χ0n) is 11.5. The number of rotatable bonds is 5. The Kier molecular flexibility index (Phi) is 4.99. The van der Waals surface area contributed by atoms with Crippen LogP contribution >= 0.6 is 11.8 Å². The van der Waals surface area contributed by atoms with Gasteiger partial charge >= 0.3 is 0 Å². The second-order valence-corrected chi connectivity index (χ2v) is 5.43. The molecule has 6 nitrogen and oxygen atoms in total. The highest BCUT2D eigenvalue weighted by Crippen LogP contribution is 2.14. The van der Waals surface area contributed by atoms with Gasteiger partial charge in [-0.05, 0) is 12.5 Å². The van der Waals surface area contributed by atoms with E-state index in [1.807, 2.05) is 37.3 Å². The number of carbonyl (C=O) groups excluding carboxylic acids is 1. The highest BCUT2D eigenvalue weighted by atomic mass is 32.2. The van der Waals surface area contributed by atoms with E-state index in [1.54, 1.807) is 0 Å². The Hall–Kier alpha value is -2.28. The third-order valence-electron chi connectivity index (χ3n) is 2.76. The van der Waals surface area contributed by atoms with Gasteiger partial charge in [-0.15, -0.1) is 0 Å². The van der Waals surface area contributed by atoms with Crippen LogP contribution in [-0.2, 0) is 4.79 Å². The van der Waals surface area contributed by atoms with Crippen LogP contribution in [0.15, 0.2) is 46.3 Å². The molecular formula is C14H16N4O2S. The fourth-order valence-corrected chi connectivity index (χ4v) is 2.46. The van der Waals surface area contributed by atoms with E-state index < -0.39 is 0 Å². The summed E-state index contributed by atoms with van der Waals surface area (Å²) in [5, 5.41) is 3.22. The summed E-state index contributed by atoms with van der Waals surface area (Å²) in [4.78, 5) is 29.6. The van der Waals surface area contributed by atoms with Crippen molar-refractivity contribution in [2.45, 2.75) is 18.1 Å². The normalized spacial score (nSPS) is 11.9. The van der Waals surface area contributed by atoms with Gasteiger partial charge in [-0.25, -0.2) is 4.98 Å². The van der Waals surface area contributed by atoms with Crippen LogP contribution < -0.4 is 16.6 Å². The van der Waals surface area contributed by atoms with E-state index in [0.29, 0.717) is 5.16 Å². The number of H-pyrrole nitrogens is 1. The van der Waals surface area contributed by atoms with Crippen LogP contribution in [0, 0.1) is 0 Å². The summed E-state index contributed by atoms with van der Waals surface area (Å²) in [5.41, 5.74) is 6.18. The van der Waals surface area contributed by atoms with Crippen molar-refractivity contribution in [3.63, 3.8) is 0 Å². The number of hydrogen-bond donors (Lipinski definition) is 3. The Bertz CT molecular complexity index is 672. The second-order valence-electron chi connectivity index (χ2n) is 4.46. The summed E-state index contributed by atoms with van der Waals surface area (Å²) in [5.74, 6) is 0.157. The molecule has 1 heterocycles. The van der Waals surface area contributed by atoms with Crippen LogP contribution in [0.4, 0.5) is 5.82 Å². The van der Waals surface area contributed by atoms with E-state index in [9.17, 15) is 9.59 Å². The van der Waals surface area contributed by atoms with Gasteiger partial charge in [0.05, 0.1) is 11.8 Å². The lowest BCUT2D eigenvalue weighted by molar-refractivity contribution is -0.119. The molecule has 0 spiro atoms. The number of benzene rings is 1. The van der Waals surface area contributed by atoms with E-state index in [-0.39, 0.29) is 29.1 Å². The van der Waals surface area contributed by atoms with Gasteiger partial charge in [0.1, 0.15) is 5.82 Å². The molecule has 7 heteroatoms. The summed E-state index contributed by atoms with van der Waals surface area (Å²) in [6, 6.07) is 10.8. The summed E-state index contributed by atoms with van der Waals surface area (Å²) < 4.78 is 0. The third kappa shape index (κ3) is 4.64. The van der Waals surface area contributed by atoms with Crippen LogP contribution in [0.25, 0.3) is 0 Å². The number of thioether (sulfide) groups is 1. The SMILES string of the molecule is CC(NC(=O)CSc1nc(N)cc(=O)[nH]1)c1ccccc1. The molecule has 0 aliphatic heterocycles. The van der Waals surface area contributed by atoms with Crippen molar-refractivity contribution < 1.29 is 4.79 Å². The number of nitrogens with one attached hydrogen (secondary N) is 2. The van der Waals surface area contributed by atoms with Gasteiger partial charge in [0, 0.05) is 6.07 Å². The Morgan fingerprint density at radius 1 is 1.43 bits per heavy atom. The molecule has 1 aromatic heterocycles. The first-order chi connectivity index (χ1) is 10.0. The molecular weight excluding hydrogens is 288 g/mol. The van der Waals surface area contributed by atoms with Crippen molar-refractivity contribution in [2.24, 2.45) is 0 Å². The maximum Gasteiger partial charge on any atom is 0.253 e. The quantitative estimate of drug-likeness (QED) is 0.571. The standard InChI is InChI=1S/C14H16N4O2S/c1-9(10-5-3-2-4-6-10)16-13(20)8-21-14-17-11(15)7-12(19)18-14/h2-7,9H,8H2,1H3,(H,16,20)(H3,15,17,18,19). The molecule has 0 fully saturated rings. The van der Waals surface area contributed by atoms with Gasteiger partial charge in [0.2, 0.25) is 5.91 Å². The maximum atomic E-state index is 11.9. The molecule has 0 aliphatic carbocycles. The van der Waals surface area contributed by atoms with Gasteiger partial charge in [0.15, 0.2) is 5.16 Å². The van der Waals surface area contributed by atoms with Crippen molar-refractivity contribution >= 4 is 23.5 Å². The summed E-state index contributed by atoms with van der Waals surface area (Å²) in [7, 11) is 0. The molecule has 21 heavy (non-hydrogen) atoms. The molecule has 1 aromatic carbocycles. The predicted molar refractivity (Wildman–Crippen MR) is 83.0 cm³/mol. The first kappa shape index (κ1) is 15.1. The van der Waals surface area contributed by atoms with Gasteiger partial charge in [-0.2, -0.15) is 0 Å². The molecule has 2 rings (SSSR count). The molecule has 1 atom stereocenters. The molecule has 0 radical (unpaired) electrons. The zero-order chi connectivity index (χ0) is 15.2. The molecule has 0 aliphatic rings. The van der Waals surface area contributed by atoms with Crippen molar-refractivity contribution in [3.8, 4) is 0 Å². The lowest BCUT2D eigenvalue weighted by atomic mass is 10.1. The smallest absolute Gasteiger partial charge is 0.253 e.